The fraction of sp³-hybridized carbons (Fsp3) is 0.417. The van der Waals surface area contributed by atoms with Gasteiger partial charge in [-0.1, -0.05) is 12.1 Å². The van der Waals surface area contributed by atoms with Gasteiger partial charge in [-0.15, -0.1) is 0 Å². The molecule has 3 nitrogen and oxygen atoms in total. The van der Waals surface area contributed by atoms with Crippen LogP contribution in [0.15, 0.2) is 24.3 Å². The summed E-state index contributed by atoms with van der Waals surface area (Å²) in [5.41, 5.74) is 6.80. The molecule has 0 atom stereocenters. The van der Waals surface area contributed by atoms with Gasteiger partial charge in [0.2, 0.25) is 5.91 Å². The lowest BCUT2D eigenvalue weighted by Crippen LogP contribution is -2.31. The molecule has 1 aromatic carbocycles. The van der Waals surface area contributed by atoms with Gasteiger partial charge in [0.1, 0.15) is 0 Å². The van der Waals surface area contributed by atoms with Gasteiger partial charge in [0.15, 0.2) is 0 Å². The predicted molar refractivity (Wildman–Crippen MR) is 62.9 cm³/mol. The van der Waals surface area contributed by atoms with Crippen molar-refractivity contribution in [2.45, 2.75) is 19.0 Å². The quantitative estimate of drug-likeness (QED) is 0.844. The summed E-state index contributed by atoms with van der Waals surface area (Å²) in [6.45, 7) is -0.322. The van der Waals surface area contributed by atoms with Gasteiger partial charge in [-0.25, -0.2) is 0 Å². The molecule has 1 aromatic rings. The Kier molecular flexibility index (Phi) is 4.58. The minimum Gasteiger partial charge on any atom is -0.399 e. The van der Waals surface area contributed by atoms with E-state index in [4.69, 9.17) is 5.73 Å². The maximum absolute atomic E-state index is 12.0. The minimum atomic E-state index is -4.24. The van der Waals surface area contributed by atoms with Crippen molar-refractivity contribution in [3.63, 3.8) is 0 Å². The van der Waals surface area contributed by atoms with Gasteiger partial charge in [0.05, 0.1) is 12.8 Å². The molecular formula is C12H15F3N2O. The van der Waals surface area contributed by atoms with Gasteiger partial charge in [0, 0.05) is 19.3 Å². The van der Waals surface area contributed by atoms with E-state index < -0.39 is 12.6 Å². The van der Waals surface area contributed by atoms with Gasteiger partial charge < -0.3 is 10.6 Å². The zero-order chi connectivity index (χ0) is 13.8. The molecule has 0 aliphatic carbocycles. The molecule has 2 N–H and O–H groups in total. The third kappa shape index (κ3) is 5.07. The number of likely N-dealkylation sites (N-methyl/N-ethyl adjacent to an activating group) is 1. The van der Waals surface area contributed by atoms with E-state index in [2.05, 4.69) is 0 Å². The van der Waals surface area contributed by atoms with Crippen molar-refractivity contribution in [2.24, 2.45) is 0 Å². The van der Waals surface area contributed by atoms with E-state index in [1.54, 1.807) is 24.3 Å². The number of hydrogen-bond acceptors (Lipinski definition) is 2. The van der Waals surface area contributed by atoms with Gasteiger partial charge in [-0.05, 0) is 17.7 Å². The zero-order valence-corrected chi connectivity index (χ0v) is 10.00. The summed E-state index contributed by atoms with van der Waals surface area (Å²) in [5.74, 6) is -0.343. The van der Waals surface area contributed by atoms with Crippen molar-refractivity contribution in [2.75, 3.05) is 19.3 Å². The molecule has 0 radical (unpaired) electrons. The van der Waals surface area contributed by atoms with E-state index in [1.807, 2.05) is 0 Å². The maximum Gasteiger partial charge on any atom is 0.390 e. The highest BCUT2D eigenvalue weighted by Crippen LogP contribution is 2.19. The lowest BCUT2D eigenvalue weighted by Gasteiger charge is -2.18. The molecule has 0 saturated carbocycles. The van der Waals surface area contributed by atoms with Crippen LogP contribution >= 0.6 is 0 Å². The first kappa shape index (κ1) is 14.3. The maximum atomic E-state index is 12.0. The van der Waals surface area contributed by atoms with Crippen LogP contribution in [-0.4, -0.2) is 30.6 Å². The Balaban J connectivity index is 2.47. The molecule has 1 rings (SSSR count). The summed E-state index contributed by atoms with van der Waals surface area (Å²) in [7, 11) is 1.37. The van der Waals surface area contributed by atoms with Crippen LogP contribution in [0.1, 0.15) is 12.0 Å². The number of rotatable bonds is 4. The SMILES string of the molecule is CN(CCC(F)(F)F)C(=O)Cc1ccc(N)cc1. The smallest absolute Gasteiger partial charge is 0.390 e. The molecule has 1 amide bonds. The Hall–Kier alpha value is -1.72. The number of hydrogen-bond donors (Lipinski definition) is 1. The molecule has 0 aromatic heterocycles. The first-order valence-corrected chi connectivity index (χ1v) is 5.43. The number of carbonyl (C=O) groups is 1. The van der Waals surface area contributed by atoms with E-state index in [-0.39, 0.29) is 18.9 Å². The Bertz CT molecular complexity index is 401. The fourth-order valence-electron chi connectivity index (χ4n) is 1.36. The predicted octanol–water partition coefficient (Wildman–Crippen LogP) is 2.22. The third-order valence-electron chi connectivity index (χ3n) is 2.49. The molecule has 0 spiro atoms. The minimum absolute atomic E-state index is 0.0780. The summed E-state index contributed by atoms with van der Waals surface area (Å²) < 4.78 is 36.0. The summed E-state index contributed by atoms with van der Waals surface area (Å²) in [6, 6.07) is 6.67. The third-order valence-corrected chi connectivity index (χ3v) is 2.49. The Morgan fingerprint density at radius 2 is 1.83 bits per heavy atom. The van der Waals surface area contributed by atoms with Crippen LogP contribution < -0.4 is 5.73 Å². The number of nitrogens with zero attached hydrogens (tertiary/aromatic N) is 1. The van der Waals surface area contributed by atoms with Crippen molar-refractivity contribution in [1.29, 1.82) is 0 Å². The number of nitrogens with two attached hydrogens (primary N) is 1. The van der Waals surface area contributed by atoms with Crippen LogP contribution in [0.2, 0.25) is 0 Å². The zero-order valence-electron chi connectivity index (χ0n) is 10.00. The number of benzene rings is 1. The highest BCUT2D eigenvalue weighted by Gasteiger charge is 2.27. The average Bonchev–Trinajstić information content (AvgIpc) is 2.28. The second kappa shape index (κ2) is 5.75. The van der Waals surface area contributed by atoms with Crippen LogP contribution in [0.3, 0.4) is 0 Å². The Labute approximate surface area is 103 Å². The number of carbonyl (C=O) groups excluding carboxylic acids is 1. The molecule has 0 aliphatic rings. The normalized spacial score (nSPS) is 11.3. The van der Waals surface area contributed by atoms with Gasteiger partial charge in [0.25, 0.3) is 0 Å². The van der Waals surface area contributed by atoms with Crippen LogP contribution in [0.4, 0.5) is 18.9 Å². The molecule has 0 heterocycles. The average molecular weight is 260 g/mol. The number of anilines is 1. The van der Waals surface area contributed by atoms with E-state index in [0.29, 0.717) is 5.69 Å². The molecule has 0 aliphatic heterocycles. The first-order valence-electron chi connectivity index (χ1n) is 5.43. The summed E-state index contributed by atoms with van der Waals surface area (Å²) in [5, 5.41) is 0. The van der Waals surface area contributed by atoms with Crippen molar-refractivity contribution in [3.8, 4) is 0 Å². The van der Waals surface area contributed by atoms with Gasteiger partial charge >= 0.3 is 6.18 Å². The van der Waals surface area contributed by atoms with Crippen molar-refractivity contribution in [3.05, 3.63) is 29.8 Å². The van der Waals surface area contributed by atoms with Crippen LogP contribution in [0.25, 0.3) is 0 Å². The lowest BCUT2D eigenvalue weighted by molar-refractivity contribution is -0.143. The Morgan fingerprint density at radius 3 is 2.33 bits per heavy atom. The second-order valence-corrected chi connectivity index (χ2v) is 4.10. The molecule has 18 heavy (non-hydrogen) atoms. The number of amides is 1. The topological polar surface area (TPSA) is 46.3 Å². The number of alkyl halides is 3. The fourth-order valence-corrected chi connectivity index (χ4v) is 1.36. The van der Waals surface area contributed by atoms with Crippen LogP contribution in [0.5, 0.6) is 0 Å². The van der Waals surface area contributed by atoms with Crippen molar-refractivity contribution in [1.82, 2.24) is 4.90 Å². The van der Waals surface area contributed by atoms with Crippen LogP contribution in [-0.2, 0) is 11.2 Å². The lowest BCUT2D eigenvalue weighted by atomic mass is 10.1. The highest BCUT2D eigenvalue weighted by atomic mass is 19.4. The van der Waals surface area contributed by atoms with Crippen molar-refractivity contribution >= 4 is 11.6 Å². The number of nitrogen functional groups attached to an aromatic ring is 1. The molecule has 100 valence electrons. The first-order chi connectivity index (χ1) is 8.28. The number of halogens is 3. The second-order valence-electron chi connectivity index (χ2n) is 4.10. The summed E-state index contributed by atoms with van der Waals surface area (Å²) >= 11 is 0. The van der Waals surface area contributed by atoms with Gasteiger partial charge in [-0.2, -0.15) is 13.2 Å². The summed E-state index contributed by atoms with van der Waals surface area (Å²) in [6.07, 6.45) is -5.15. The van der Waals surface area contributed by atoms with E-state index in [9.17, 15) is 18.0 Å². The monoisotopic (exact) mass is 260 g/mol. The molecule has 0 bridgehead atoms. The van der Waals surface area contributed by atoms with E-state index in [1.165, 1.54) is 7.05 Å². The molecular weight excluding hydrogens is 245 g/mol. The molecule has 0 unspecified atom stereocenters. The highest BCUT2D eigenvalue weighted by molar-refractivity contribution is 5.78. The molecule has 0 fully saturated rings. The Morgan fingerprint density at radius 1 is 1.28 bits per heavy atom. The summed E-state index contributed by atoms with van der Waals surface area (Å²) in [4.78, 5) is 12.7. The molecule has 6 heteroatoms. The molecule has 0 saturated heterocycles. The largest absolute Gasteiger partial charge is 0.399 e. The van der Waals surface area contributed by atoms with Crippen LogP contribution in [0, 0.1) is 0 Å². The van der Waals surface area contributed by atoms with Gasteiger partial charge in [-0.3, -0.25) is 4.79 Å². The van der Waals surface area contributed by atoms with E-state index in [0.717, 1.165) is 10.5 Å². The standard InChI is InChI=1S/C12H15F3N2O/c1-17(7-6-12(13,14)15)11(18)8-9-2-4-10(16)5-3-9/h2-5H,6-8,16H2,1H3. The van der Waals surface area contributed by atoms with E-state index >= 15 is 0 Å². The van der Waals surface area contributed by atoms with Crippen molar-refractivity contribution < 1.29 is 18.0 Å².